The standard InChI is InChI=1S/C22H14ClFO2S/c1-12-5-10-15-18(11-12)27-22(16-3-2-4-17(24)20(16)23)19(15)21(26)13-6-8-14(25)9-7-13/h2-11,25H,1H3. The summed E-state index contributed by atoms with van der Waals surface area (Å²) < 4.78 is 15.0. The summed E-state index contributed by atoms with van der Waals surface area (Å²) in [5, 5.41) is 10.3. The maximum absolute atomic E-state index is 14.0. The molecule has 4 aromatic rings. The lowest BCUT2D eigenvalue weighted by Gasteiger charge is -2.07. The molecule has 0 amide bonds. The zero-order valence-electron chi connectivity index (χ0n) is 14.3. The highest BCUT2D eigenvalue weighted by Gasteiger charge is 2.23. The van der Waals surface area contributed by atoms with Crippen molar-refractivity contribution in [2.24, 2.45) is 0 Å². The summed E-state index contributed by atoms with van der Waals surface area (Å²) in [5.41, 5.74) is 2.51. The van der Waals surface area contributed by atoms with Crippen molar-refractivity contribution < 1.29 is 14.3 Å². The van der Waals surface area contributed by atoms with Gasteiger partial charge in [0.2, 0.25) is 0 Å². The second kappa shape index (κ2) is 6.80. The van der Waals surface area contributed by atoms with Gasteiger partial charge in [-0.25, -0.2) is 4.39 Å². The Balaban J connectivity index is 2.01. The molecule has 4 rings (SSSR count). The lowest BCUT2D eigenvalue weighted by molar-refractivity contribution is 0.104. The molecule has 1 aromatic heterocycles. The molecule has 0 radical (unpaired) electrons. The topological polar surface area (TPSA) is 37.3 Å². The van der Waals surface area contributed by atoms with Crippen LogP contribution >= 0.6 is 22.9 Å². The van der Waals surface area contributed by atoms with Crippen molar-refractivity contribution >= 4 is 38.8 Å². The van der Waals surface area contributed by atoms with Crippen LogP contribution in [0.4, 0.5) is 4.39 Å². The number of phenolic OH excluding ortho intramolecular Hbond substituents is 1. The zero-order chi connectivity index (χ0) is 19.1. The number of rotatable bonds is 3. The van der Waals surface area contributed by atoms with Crippen LogP contribution in [-0.2, 0) is 0 Å². The molecule has 0 unspecified atom stereocenters. The van der Waals surface area contributed by atoms with Gasteiger partial charge < -0.3 is 5.11 Å². The van der Waals surface area contributed by atoms with E-state index in [0.29, 0.717) is 21.6 Å². The van der Waals surface area contributed by atoms with E-state index >= 15 is 0 Å². The molecular weight excluding hydrogens is 383 g/mol. The molecule has 0 saturated heterocycles. The van der Waals surface area contributed by atoms with Crippen LogP contribution in [-0.4, -0.2) is 10.9 Å². The monoisotopic (exact) mass is 396 g/mol. The molecule has 0 bridgehead atoms. The van der Waals surface area contributed by atoms with Crippen molar-refractivity contribution in [3.8, 4) is 16.2 Å². The molecule has 5 heteroatoms. The van der Waals surface area contributed by atoms with Crippen molar-refractivity contribution in [1.29, 1.82) is 0 Å². The molecule has 0 aliphatic carbocycles. The summed E-state index contributed by atoms with van der Waals surface area (Å²) in [5.74, 6) is -0.628. The third-order valence-corrected chi connectivity index (χ3v) is 5.97. The molecule has 0 saturated carbocycles. The van der Waals surface area contributed by atoms with Crippen LogP contribution in [0.15, 0.2) is 60.7 Å². The highest BCUT2D eigenvalue weighted by Crippen LogP contribution is 2.43. The molecule has 27 heavy (non-hydrogen) atoms. The summed E-state index contributed by atoms with van der Waals surface area (Å²) in [6.07, 6.45) is 0. The first-order valence-corrected chi connectivity index (χ1v) is 9.46. The van der Waals surface area contributed by atoms with Crippen LogP contribution in [0.25, 0.3) is 20.5 Å². The maximum Gasteiger partial charge on any atom is 0.195 e. The first kappa shape index (κ1) is 17.7. The Labute approximate surface area is 164 Å². The van der Waals surface area contributed by atoms with Crippen molar-refractivity contribution in [3.63, 3.8) is 0 Å². The Kier molecular flexibility index (Phi) is 4.46. The van der Waals surface area contributed by atoms with Crippen LogP contribution in [0, 0.1) is 12.7 Å². The Morgan fingerprint density at radius 2 is 1.81 bits per heavy atom. The Bertz CT molecular complexity index is 1180. The molecule has 3 aromatic carbocycles. The minimum Gasteiger partial charge on any atom is -0.508 e. The number of aryl methyl sites for hydroxylation is 1. The number of thiophene rings is 1. The molecule has 2 nitrogen and oxygen atoms in total. The number of benzene rings is 3. The zero-order valence-corrected chi connectivity index (χ0v) is 15.9. The van der Waals surface area contributed by atoms with E-state index in [4.69, 9.17) is 11.6 Å². The number of phenols is 1. The van der Waals surface area contributed by atoms with Crippen molar-refractivity contribution in [2.75, 3.05) is 0 Å². The van der Waals surface area contributed by atoms with Gasteiger partial charge in [0.05, 0.1) is 5.02 Å². The molecule has 0 fully saturated rings. The lowest BCUT2D eigenvalue weighted by Crippen LogP contribution is -2.02. The van der Waals surface area contributed by atoms with Gasteiger partial charge in [0.1, 0.15) is 11.6 Å². The third-order valence-electron chi connectivity index (χ3n) is 4.40. The highest BCUT2D eigenvalue weighted by molar-refractivity contribution is 7.22. The Morgan fingerprint density at radius 3 is 2.56 bits per heavy atom. The number of fused-ring (bicyclic) bond motifs is 1. The fraction of sp³-hybridized carbons (Fsp3) is 0.0455. The second-order valence-electron chi connectivity index (χ2n) is 6.28. The molecule has 1 N–H and O–H groups in total. The maximum atomic E-state index is 14.0. The first-order chi connectivity index (χ1) is 13.0. The first-order valence-electron chi connectivity index (χ1n) is 8.27. The second-order valence-corrected chi connectivity index (χ2v) is 7.71. The molecule has 0 atom stereocenters. The van der Waals surface area contributed by atoms with E-state index in [2.05, 4.69) is 0 Å². The van der Waals surface area contributed by atoms with Gasteiger partial charge >= 0.3 is 0 Å². The van der Waals surface area contributed by atoms with E-state index in [9.17, 15) is 14.3 Å². The van der Waals surface area contributed by atoms with Crippen molar-refractivity contribution in [2.45, 2.75) is 6.92 Å². The average molecular weight is 397 g/mol. The number of hydrogen-bond acceptors (Lipinski definition) is 3. The molecule has 0 spiro atoms. The van der Waals surface area contributed by atoms with Gasteiger partial charge in [-0.3, -0.25) is 4.79 Å². The van der Waals surface area contributed by atoms with E-state index in [-0.39, 0.29) is 16.6 Å². The van der Waals surface area contributed by atoms with Gasteiger partial charge in [-0.05, 0) is 48.9 Å². The molecule has 1 heterocycles. The van der Waals surface area contributed by atoms with Gasteiger partial charge in [0.15, 0.2) is 5.78 Å². The van der Waals surface area contributed by atoms with Crippen LogP contribution in [0.2, 0.25) is 5.02 Å². The number of halogens is 2. The Hall–Kier alpha value is -2.69. The van der Waals surface area contributed by atoms with Crippen molar-refractivity contribution in [3.05, 3.63) is 88.2 Å². The van der Waals surface area contributed by atoms with Crippen molar-refractivity contribution in [1.82, 2.24) is 0 Å². The van der Waals surface area contributed by atoms with E-state index in [1.165, 1.54) is 29.5 Å². The normalized spacial score (nSPS) is 11.1. The summed E-state index contributed by atoms with van der Waals surface area (Å²) in [6.45, 7) is 1.98. The molecular formula is C22H14ClFO2S. The van der Waals surface area contributed by atoms with Gasteiger partial charge in [-0.2, -0.15) is 0 Å². The van der Waals surface area contributed by atoms with Gasteiger partial charge in [-0.15, -0.1) is 11.3 Å². The predicted octanol–water partition coefficient (Wildman–Crippen LogP) is 6.61. The largest absolute Gasteiger partial charge is 0.508 e. The number of carbonyl (C=O) groups excluding carboxylic acids is 1. The fourth-order valence-electron chi connectivity index (χ4n) is 3.06. The van der Waals surface area contributed by atoms with Crippen LogP contribution in [0.3, 0.4) is 0 Å². The minimum atomic E-state index is -0.522. The van der Waals surface area contributed by atoms with Gasteiger partial charge in [-0.1, -0.05) is 35.9 Å². The highest BCUT2D eigenvalue weighted by atomic mass is 35.5. The number of hydrogen-bond donors (Lipinski definition) is 1. The van der Waals surface area contributed by atoms with E-state index in [1.807, 2.05) is 25.1 Å². The van der Waals surface area contributed by atoms with E-state index in [0.717, 1.165) is 15.6 Å². The number of aromatic hydroxyl groups is 1. The SMILES string of the molecule is Cc1ccc2c(C(=O)c3ccc(O)cc3)c(-c3cccc(F)c3Cl)sc2c1. The lowest BCUT2D eigenvalue weighted by atomic mass is 9.97. The van der Waals surface area contributed by atoms with Gasteiger partial charge in [0, 0.05) is 31.7 Å². The number of ketones is 1. The van der Waals surface area contributed by atoms with Crippen LogP contribution < -0.4 is 0 Å². The molecule has 134 valence electrons. The van der Waals surface area contributed by atoms with Gasteiger partial charge in [0.25, 0.3) is 0 Å². The third kappa shape index (κ3) is 3.11. The molecule has 0 aliphatic heterocycles. The van der Waals surface area contributed by atoms with Crippen LogP contribution in [0.1, 0.15) is 21.5 Å². The summed E-state index contributed by atoms with van der Waals surface area (Å²) in [4.78, 5) is 13.9. The average Bonchev–Trinajstić information content (AvgIpc) is 3.02. The number of carbonyl (C=O) groups is 1. The summed E-state index contributed by atoms with van der Waals surface area (Å²) in [7, 11) is 0. The van der Waals surface area contributed by atoms with E-state index < -0.39 is 5.82 Å². The summed E-state index contributed by atoms with van der Waals surface area (Å²) in [6, 6.07) is 16.6. The van der Waals surface area contributed by atoms with Crippen LogP contribution in [0.5, 0.6) is 5.75 Å². The fourth-order valence-corrected chi connectivity index (χ4v) is 4.66. The Morgan fingerprint density at radius 1 is 1.07 bits per heavy atom. The summed E-state index contributed by atoms with van der Waals surface area (Å²) >= 11 is 7.64. The molecule has 0 aliphatic rings. The smallest absolute Gasteiger partial charge is 0.195 e. The predicted molar refractivity (Wildman–Crippen MR) is 109 cm³/mol. The quantitative estimate of drug-likeness (QED) is 0.396. The van der Waals surface area contributed by atoms with E-state index in [1.54, 1.807) is 24.3 Å². The minimum absolute atomic E-state index is 0.000495.